The highest BCUT2D eigenvalue weighted by Gasteiger charge is 2.34. The second-order valence-electron chi connectivity index (χ2n) is 10.0. The molecule has 3 aromatic rings. The highest BCUT2D eigenvalue weighted by molar-refractivity contribution is 5.85. The number of pyridine rings is 1. The fraction of sp³-hybridized carbons (Fsp3) is 0.481. The van der Waals surface area contributed by atoms with E-state index in [9.17, 15) is 9.59 Å². The minimum Gasteiger partial charge on any atom is -0.378 e. The van der Waals surface area contributed by atoms with Crippen LogP contribution in [0.2, 0.25) is 0 Å². The third-order valence-electron chi connectivity index (χ3n) is 7.75. The SMILES string of the molecule is O=C(CCc1cn(CN2C[C@@H]3C[C@H](C2)c2cccc(=O)n2C3)c2ccccc12)N1CCOCC1. The van der Waals surface area contributed by atoms with Crippen molar-refractivity contribution in [2.75, 3.05) is 39.4 Å². The quantitative estimate of drug-likeness (QED) is 0.588. The zero-order valence-electron chi connectivity index (χ0n) is 19.6. The lowest BCUT2D eigenvalue weighted by atomic mass is 9.83. The van der Waals surface area contributed by atoms with Crippen molar-refractivity contribution in [3.8, 4) is 0 Å². The van der Waals surface area contributed by atoms with Crippen LogP contribution in [0, 0.1) is 5.92 Å². The first-order chi connectivity index (χ1) is 16.7. The Hall–Kier alpha value is -2.90. The van der Waals surface area contributed by atoms with Crippen LogP contribution in [-0.4, -0.2) is 64.2 Å². The number of hydrogen-bond acceptors (Lipinski definition) is 4. The zero-order valence-corrected chi connectivity index (χ0v) is 19.6. The monoisotopic (exact) mass is 460 g/mol. The Labute approximate surface area is 199 Å². The average molecular weight is 461 g/mol. The molecule has 1 aromatic carbocycles. The number of carbonyl (C=O) groups excluding carboxylic acids is 1. The summed E-state index contributed by atoms with van der Waals surface area (Å²) in [5.74, 6) is 1.14. The first-order valence-electron chi connectivity index (χ1n) is 12.5. The molecule has 0 N–H and O–H groups in total. The van der Waals surface area contributed by atoms with Crippen LogP contribution >= 0.6 is 0 Å². The van der Waals surface area contributed by atoms with Crippen LogP contribution in [-0.2, 0) is 29.2 Å². The number of likely N-dealkylation sites (tertiary alicyclic amines) is 1. The summed E-state index contributed by atoms with van der Waals surface area (Å²) in [5, 5.41) is 1.24. The van der Waals surface area contributed by atoms with Gasteiger partial charge in [0.15, 0.2) is 0 Å². The van der Waals surface area contributed by atoms with Gasteiger partial charge in [0.2, 0.25) is 5.91 Å². The standard InChI is InChI=1S/C27H32N4O3/c32-26(29-10-12-34-13-11-29)9-8-21-18-30(25-5-2-1-4-23(21)25)19-28-15-20-14-22(17-28)24-6-3-7-27(33)31(24)16-20/h1-7,18,20,22H,8-17,19H2/t20-,22+/m0/s1. The zero-order chi connectivity index (χ0) is 23.1. The first-order valence-corrected chi connectivity index (χ1v) is 12.5. The molecule has 2 saturated heterocycles. The molecule has 0 radical (unpaired) electrons. The van der Waals surface area contributed by atoms with Gasteiger partial charge in [-0.1, -0.05) is 24.3 Å². The molecular weight excluding hydrogens is 428 g/mol. The van der Waals surface area contributed by atoms with Gasteiger partial charge in [-0.15, -0.1) is 0 Å². The van der Waals surface area contributed by atoms with E-state index in [1.807, 2.05) is 15.5 Å². The van der Waals surface area contributed by atoms with Crippen LogP contribution in [0.1, 0.15) is 30.0 Å². The maximum atomic E-state index is 12.7. The van der Waals surface area contributed by atoms with Crippen molar-refractivity contribution in [1.29, 1.82) is 0 Å². The molecule has 6 rings (SSSR count). The van der Waals surface area contributed by atoms with E-state index in [4.69, 9.17) is 4.74 Å². The van der Waals surface area contributed by atoms with Crippen LogP contribution in [0.15, 0.2) is 53.5 Å². The molecular formula is C27H32N4O3. The number of hydrogen-bond donors (Lipinski definition) is 0. The van der Waals surface area contributed by atoms with E-state index in [0.29, 0.717) is 44.6 Å². The van der Waals surface area contributed by atoms with Crippen molar-refractivity contribution in [3.63, 3.8) is 0 Å². The summed E-state index contributed by atoms with van der Waals surface area (Å²) in [4.78, 5) is 29.5. The highest BCUT2D eigenvalue weighted by atomic mass is 16.5. The number of benzene rings is 1. The Balaban J connectivity index is 1.19. The maximum Gasteiger partial charge on any atom is 0.250 e. The lowest BCUT2D eigenvalue weighted by Crippen LogP contribution is -2.47. The number of piperidine rings is 1. The minimum atomic E-state index is 0.133. The number of aromatic nitrogens is 2. The Morgan fingerprint density at radius 3 is 2.74 bits per heavy atom. The van der Waals surface area contributed by atoms with E-state index in [1.165, 1.54) is 28.6 Å². The van der Waals surface area contributed by atoms with Gasteiger partial charge in [-0.25, -0.2) is 0 Å². The normalized spacial score (nSPS) is 22.6. The van der Waals surface area contributed by atoms with Crippen LogP contribution in [0.5, 0.6) is 0 Å². The Bertz CT molecular complexity index is 1260. The predicted molar refractivity (Wildman–Crippen MR) is 131 cm³/mol. The second-order valence-corrected chi connectivity index (χ2v) is 10.0. The molecule has 178 valence electrons. The van der Waals surface area contributed by atoms with Crippen molar-refractivity contribution in [2.45, 2.75) is 38.4 Å². The van der Waals surface area contributed by atoms with Crippen LogP contribution < -0.4 is 5.56 Å². The predicted octanol–water partition coefficient (Wildman–Crippen LogP) is 2.67. The Morgan fingerprint density at radius 1 is 1.00 bits per heavy atom. The number of rotatable bonds is 5. The van der Waals surface area contributed by atoms with Gasteiger partial charge in [-0.3, -0.25) is 14.5 Å². The molecule has 0 aliphatic carbocycles. The number of fused-ring (bicyclic) bond motifs is 5. The number of carbonyl (C=O) groups is 1. The van der Waals surface area contributed by atoms with Gasteiger partial charge in [0.25, 0.3) is 5.56 Å². The molecule has 5 heterocycles. The van der Waals surface area contributed by atoms with Gasteiger partial charge >= 0.3 is 0 Å². The summed E-state index contributed by atoms with van der Waals surface area (Å²) in [6.45, 7) is 6.32. The summed E-state index contributed by atoms with van der Waals surface area (Å²) in [6.07, 6.45) is 4.71. The number of ether oxygens (including phenoxy) is 1. The largest absolute Gasteiger partial charge is 0.378 e. The maximum absolute atomic E-state index is 12.7. The van der Waals surface area contributed by atoms with Crippen molar-refractivity contribution in [2.24, 2.45) is 5.92 Å². The van der Waals surface area contributed by atoms with Crippen LogP contribution in [0.3, 0.4) is 0 Å². The fourth-order valence-corrected chi connectivity index (χ4v) is 6.18. The summed E-state index contributed by atoms with van der Waals surface area (Å²) >= 11 is 0. The Morgan fingerprint density at radius 2 is 1.85 bits per heavy atom. The third kappa shape index (κ3) is 4.07. The first kappa shape index (κ1) is 21.6. The molecule has 34 heavy (non-hydrogen) atoms. The van der Waals surface area contributed by atoms with Gasteiger partial charge in [0.1, 0.15) is 0 Å². The fourth-order valence-electron chi connectivity index (χ4n) is 6.18. The molecule has 2 atom stereocenters. The van der Waals surface area contributed by atoms with E-state index in [2.05, 4.69) is 46.0 Å². The summed E-state index contributed by atoms with van der Waals surface area (Å²) in [7, 11) is 0. The summed E-state index contributed by atoms with van der Waals surface area (Å²) in [5.41, 5.74) is 3.79. The van der Waals surface area contributed by atoms with E-state index in [0.717, 1.165) is 32.7 Å². The highest BCUT2D eigenvalue weighted by Crippen LogP contribution is 2.35. The van der Waals surface area contributed by atoms with Crippen molar-refractivity contribution in [1.82, 2.24) is 18.9 Å². The minimum absolute atomic E-state index is 0.133. The molecule has 3 aliphatic heterocycles. The molecule has 0 unspecified atom stereocenters. The molecule has 7 nitrogen and oxygen atoms in total. The Kier molecular flexibility index (Phi) is 5.75. The van der Waals surface area contributed by atoms with Gasteiger partial charge in [-0.2, -0.15) is 0 Å². The molecule has 2 bridgehead atoms. The van der Waals surface area contributed by atoms with Crippen molar-refractivity contribution >= 4 is 16.8 Å². The van der Waals surface area contributed by atoms with E-state index in [-0.39, 0.29) is 11.5 Å². The molecule has 3 aliphatic rings. The molecule has 7 heteroatoms. The number of morpholine rings is 1. The lowest BCUT2D eigenvalue weighted by Gasteiger charge is -2.42. The summed E-state index contributed by atoms with van der Waals surface area (Å²) in [6, 6.07) is 14.2. The topological polar surface area (TPSA) is 59.7 Å². The molecule has 0 spiro atoms. The van der Waals surface area contributed by atoms with Crippen molar-refractivity contribution < 1.29 is 9.53 Å². The average Bonchev–Trinajstić information content (AvgIpc) is 3.21. The number of amides is 1. The number of aryl methyl sites for hydroxylation is 1. The van der Waals surface area contributed by atoms with Gasteiger partial charge in [0.05, 0.1) is 19.9 Å². The van der Waals surface area contributed by atoms with Crippen molar-refractivity contribution in [3.05, 3.63) is 70.3 Å². The number of nitrogens with zero attached hydrogens (tertiary/aromatic N) is 4. The number of para-hydroxylation sites is 1. The van der Waals surface area contributed by atoms with Gasteiger partial charge in [0, 0.05) is 73.9 Å². The second kappa shape index (κ2) is 9.04. The van der Waals surface area contributed by atoms with E-state index < -0.39 is 0 Å². The van der Waals surface area contributed by atoms with Crippen LogP contribution in [0.25, 0.3) is 10.9 Å². The molecule has 0 saturated carbocycles. The molecule has 2 aromatic heterocycles. The molecule has 1 amide bonds. The van der Waals surface area contributed by atoms with E-state index >= 15 is 0 Å². The van der Waals surface area contributed by atoms with E-state index in [1.54, 1.807) is 6.07 Å². The molecule has 2 fully saturated rings. The van der Waals surface area contributed by atoms with Gasteiger partial charge < -0.3 is 18.8 Å². The smallest absolute Gasteiger partial charge is 0.250 e. The lowest BCUT2D eigenvalue weighted by molar-refractivity contribution is -0.135. The van der Waals surface area contributed by atoms with Gasteiger partial charge in [-0.05, 0) is 36.5 Å². The summed E-state index contributed by atoms with van der Waals surface area (Å²) < 4.78 is 9.72. The van der Waals surface area contributed by atoms with Crippen LogP contribution in [0.4, 0.5) is 0 Å². The third-order valence-corrected chi connectivity index (χ3v) is 7.75.